The van der Waals surface area contributed by atoms with Crippen molar-refractivity contribution in [2.45, 2.75) is 81.3 Å². The summed E-state index contributed by atoms with van der Waals surface area (Å²) in [6.07, 6.45) is 5.00. The number of hydrogen-bond donors (Lipinski definition) is 1. The van der Waals surface area contributed by atoms with Crippen LogP contribution in [-0.4, -0.2) is 29.4 Å². The van der Waals surface area contributed by atoms with Crippen LogP contribution in [0.25, 0.3) is 0 Å². The molecular formula is C23H29NO4S2. The first-order valence-electron chi connectivity index (χ1n) is 10.4. The molecule has 0 bridgehead atoms. The molecule has 7 heteroatoms. The van der Waals surface area contributed by atoms with Gasteiger partial charge in [0, 0.05) is 11.3 Å². The molecule has 5 nitrogen and oxygen atoms in total. The predicted molar refractivity (Wildman–Crippen MR) is 119 cm³/mol. The van der Waals surface area contributed by atoms with Crippen molar-refractivity contribution >= 4 is 29.5 Å². The van der Waals surface area contributed by atoms with Crippen molar-refractivity contribution in [3.8, 4) is 11.8 Å². The Bertz CT molecular complexity index is 874. The molecule has 0 amide bonds. The Morgan fingerprint density at radius 1 is 1.23 bits per heavy atom. The normalized spacial score (nSPS) is 22.8. The minimum absolute atomic E-state index is 0.00814. The van der Waals surface area contributed by atoms with Gasteiger partial charge in [-0.1, -0.05) is 36.5 Å². The number of nitrogens with zero attached hydrogens (tertiary/aromatic N) is 1. The molecule has 0 spiro atoms. The number of aryl methyl sites for hydroxylation is 1. The van der Waals surface area contributed by atoms with Crippen molar-refractivity contribution in [1.29, 1.82) is 5.26 Å². The van der Waals surface area contributed by atoms with Gasteiger partial charge in [-0.25, -0.2) is 4.79 Å². The van der Waals surface area contributed by atoms with Crippen LogP contribution >= 0.6 is 23.5 Å². The largest absolute Gasteiger partial charge is 0.489 e. The van der Waals surface area contributed by atoms with Crippen molar-refractivity contribution in [2.24, 2.45) is 5.92 Å². The van der Waals surface area contributed by atoms with E-state index in [4.69, 9.17) is 9.47 Å². The molecule has 1 aliphatic heterocycles. The summed E-state index contributed by atoms with van der Waals surface area (Å²) < 4.78 is 12.2. The molecule has 30 heavy (non-hydrogen) atoms. The van der Waals surface area contributed by atoms with Crippen LogP contribution in [0.4, 0.5) is 0 Å². The minimum Gasteiger partial charge on any atom is -0.489 e. The summed E-state index contributed by atoms with van der Waals surface area (Å²) >= 11 is 2.84. The molecule has 1 N–H and O–H groups in total. The van der Waals surface area contributed by atoms with Gasteiger partial charge in [0.25, 0.3) is 0 Å². The first-order chi connectivity index (χ1) is 14.2. The van der Waals surface area contributed by atoms with Crippen LogP contribution in [0.3, 0.4) is 0 Å². The zero-order valence-corrected chi connectivity index (χ0v) is 19.6. The third-order valence-electron chi connectivity index (χ3n) is 5.39. The summed E-state index contributed by atoms with van der Waals surface area (Å²) in [5.74, 6) is 0.940. The number of fused-ring (bicyclic) bond motifs is 1. The number of thioether (sulfide) groups is 2. The lowest BCUT2D eigenvalue weighted by molar-refractivity contribution is -0.139. The molecule has 1 aromatic rings. The molecule has 1 heterocycles. The van der Waals surface area contributed by atoms with Crippen LogP contribution in [0, 0.1) is 24.2 Å². The smallest absolute Gasteiger partial charge is 0.350 e. The van der Waals surface area contributed by atoms with Gasteiger partial charge < -0.3 is 14.6 Å². The first-order valence-corrected chi connectivity index (χ1v) is 12.0. The summed E-state index contributed by atoms with van der Waals surface area (Å²) in [4.78, 5) is 14.5. The monoisotopic (exact) mass is 447 g/mol. The van der Waals surface area contributed by atoms with Crippen molar-refractivity contribution in [2.75, 3.05) is 6.61 Å². The van der Waals surface area contributed by atoms with E-state index in [2.05, 4.69) is 6.92 Å². The summed E-state index contributed by atoms with van der Waals surface area (Å²) in [6, 6.07) is 6.04. The number of rotatable bonds is 6. The summed E-state index contributed by atoms with van der Waals surface area (Å²) in [7, 11) is 0. The van der Waals surface area contributed by atoms with Crippen LogP contribution in [0.5, 0.6) is 5.75 Å². The summed E-state index contributed by atoms with van der Waals surface area (Å²) in [5, 5.41) is 19.4. The quantitative estimate of drug-likeness (QED) is 0.346. The van der Waals surface area contributed by atoms with Gasteiger partial charge in [0.15, 0.2) is 5.57 Å². The van der Waals surface area contributed by atoms with E-state index < -0.39 is 11.6 Å². The molecule has 1 aliphatic carbocycles. The van der Waals surface area contributed by atoms with Gasteiger partial charge in [0.1, 0.15) is 11.8 Å². The first kappa shape index (κ1) is 23.1. The highest BCUT2D eigenvalue weighted by molar-refractivity contribution is 8.24. The van der Waals surface area contributed by atoms with E-state index in [0.717, 1.165) is 39.9 Å². The Kier molecular flexibility index (Phi) is 7.43. The maximum atomic E-state index is 12.5. The van der Waals surface area contributed by atoms with E-state index in [1.54, 1.807) is 13.8 Å². The van der Waals surface area contributed by atoms with Crippen LogP contribution in [0.1, 0.15) is 58.4 Å². The number of ether oxygens (including phenoxy) is 2. The van der Waals surface area contributed by atoms with Gasteiger partial charge in [-0.05, 0) is 64.0 Å². The lowest BCUT2D eigenvalue weighted by Gasteiger charge is -2.27. The fraction of sp³-hybridized carbons (Fsp3) is 0.565. The average molecular weight is 448 g/mol. The minimum atomic E-state index is -0.923. The number of aliphatic hydroxyl groups is 1. The Morgan fingerprint density at radius 3 is 2.53 bits per heavy atom. The van der Waals surface area contributed by atoms with Gasteiger partial charge in [0.2, 0.25) is 0 Å². The van der Waals surface area contributed by atoms with Gasteiger partial charge in [-0.3, -0.25) is 0 Å². The van der Waals surface area contributed by atoms with E-state index >= 15 is 0 Å². The van der Waals surface area contributed by atoms with Gasteiger partial charge >= 0.3 is 5.97 Å². The lowest BCUT2D eigenvalue weighted by atomic mass is 9.89. The molecule has 0 radical (unpaired) electrons. The number of carbonyl (C=O) groups is 1. The van der Waals surface area contributed by atoms with Crippen LogP contribution in [0.15, 0.2) is 31.7 Å². The number of carbonyl (C=O) groups excluding carboxylic acids is 1. The topological polar surface area (TPSA) is 79.5 Å². The van der Waals surface area contributed by atoms with E-state index in [0.29, 0.717) is 10.7 Å². The third-order valence-corrected chi connectivity index (χ3v) is 8.13. The standard InChI is InChI=1S/C23H29NO4S2/c1-14-5-8-16(9-6-14)28-18-10-7-15(2)19-20(18)30-22(29-19)17(13-24)21(25)27-12-11-23(3,4)26/h7,10,14,16,26H,5-6,8-9,11-12H2,1-4H3/b22-17+. The van der Waals surface area contributed by atoms with Crippen molar-refractivity contribution in [1.82, 2.24) is 0 Å². The van der Waals surface area contributed by atoms with Gasteiger partial charge in [-0.15, -0.1) is 0 Å². The van der Waals surface area contributed by atoms with E-state index in [9.17, 15) is 15.2 Å². The van der Waals surface area contributed by atoms with E-state index in [-0.39, 0.29) is 18.3 Å². The molecule has 1 fully saturated rings. The molecule has 1 saturated carbocycles. The Balaban J connectivity index is 1.76. The molecule has 3 rings (SSSR count). The molecule has 1 aromatic carbocycles. The summed E-state index contributed by atoms with van der Waals surface area (Å²) in [5.41, 5.74) is 0.178. The highest BCUT2D eigenvalue weighted by atomic mass is 32.2. The zero-order valence-electron chi connectivity index (χ0n) is 18.0. The number of nitriles is 1. The number of benzene rings is 1. The second-order valence-corrected chi connectivity index (χ2v) is 11.0. The molecule has 2 aliphatic rings. The predicted octanol–water partition coefficient (Wildman–Crippen LogP) is 5.59. The van der Waals surface area contributed by atoms with Crippen LogP contribution in [0.2, 0.25) is 0 Å². The summed E-state index contributed by atoms with van der Waals surface area (Å²) in [6.45, 7) is 7.68. The molecule has 0 aromatic heterocycles. The second kappa shape index (κ2) is 9.67. The number of hydrogen-bond acceptors (Lipinski definition) is 7. The zero-order chi connectivity index (χ0) is 21.9. The molecule has 162 valence electrons. The number of esters is 1. The highest BCUT2D eigenvalue weighted by Crippen LogP contribution is 2.57. The lowest BCUT2D eigenvalue weighted by Crippen LogP contribution is -2.23. The van der Waals surface area contributed by atoms with E-state index in [1.165, 1.54) is 36.4 Å². The van der Waals surface area contributed by atoms with Crippen LogP contribution in [-0.2, 0) is 9.53 Å². The second-order valence-electron chi connectivity index (χ2n) is 8.72. The third kappa shape index (κ3) is 5.75. The van der Waals surface area contributed by atoms with E-state index in [1.807, 2.05) is 25.1 Å². The Hall–Kier alpha value is -1.62. The molecule has 0 atom stereocenters. The SMILES string of the molecule is Cc1ccc(OC2CCC(C)CC2)c2c1S/C(=C(/C#N)C(=O)OCCC(C)(C)O)S2. The molecular weight excluding hydrogens is 418 g/mol. The van der Waals surface area contributed by atoms with Gasteiger partial charge in [0.05, 0.1) is 27.4 Å². The van der Waals surface area contributed by atoms with Gasteiger partial charge in [-0.2, -0.15) is 5.26 Å². The molecule has 0 saturated heterocycles. The highest BCUT2D eigenvalue weighted by Gasteiger charge is 2.31. The van der Waals surface area contributed by atoms with Crippen molar-refractivity contribution < 1.29 is 19.4 Å². The Morgan fingerprint density at radius 2 is 1.90 bits per heavy atom. The Labute approximate surface area is 187 Å². The average Bonchev–Trinajstić information content (AvgIpc) is 3.11. The fourth-order valence-corrected chi connectivity index (χ4v) is 6.08. The maximum absolute atomic E-state index is 12.5. The van der Waals surface area contributed by atoms with Crippen molar-refractivity contribution in [3.63, 3.8) is 0 Å². The maximum Gasteiger partial charge on any atom is 0.350 e. The fourth-order valence-electron chi connectivity index (χ4n) is 3.43. The molecule has 0 unspecified atom stereocenters. The van der Waals surface area contributed by atoms with Crippen LogP contribution < -0.4 is 4.74 Å². The van der Waals surface area contributed by atoms with Crippen molar-refractivity contribution in [3.05, 3.63) is 27.5 Å².